The van der Waals surface area contributed by atoms with E-state index < -0.39 is 5.97 Å². The number of aryl methyl sites for hydroxylation is 2. The molecule has 0 atom stereocenters. The first-order chi connectivity index (χ1) is 10.4. The van der Waals surface area contributed by atoms with Gasteiger partial charge in [-0.1, -0.05) is 40.4 Å². The first kappa shape index (κ1) is 16.5. The summed E-state index contributed by atoms with van der Waals surface area (Å²) in [6.07, 6.45) is 0. The molecule has 0 aliphatic heterocycles. The van der Waals surface area contributed by atoms with E-state index in [1.165, 1.54) is 12.1 Å². The molecule has 0 aliphatic rings. The monoisotopic (exact) mass is 336 g/mol. The average Bonchev–Trinajstić information content (AvgIpc) is 2.46. The maximum absolute atomic E-state index is 12.0. The molecule has 3 nitrogen and oxygen atoms in total. The van der Waals surface area contributed by atoms with Crippen LogP contribution in [0.3, 0.4) is 0 Å². The molecule has 2 rings (SSSR count). The Morgan fingerprint density at radius 1 is 0.909 bits per heavy atom. The van der Waals surface area contributed by atoms with E-state index in [1.54, 1.807) is 18.2 Å². The van der Waals surface area contributed by atoms with E-state index in [4.69, 9.17) is 27.9 Å². The quantitative estimate of drug-likeness (QED) is 0.602. The van der Waals surface area contributed by atoms with Crippen molar-refractivity contribution in [1.29, 1.82) is 0 Å². The number of hydrogen-bond donors (Lipinski definition) is 0. The summed E-state index contributed by atoms with van der Waals surface area (Å²) < 4.78 is 5.06. The van der Waals surface area contributed by atoms with Gasteiger partial charge in [-0.2, -0.15) is 0 Å². The van der Waals surface area contributed by atoms with Crippen LogP contribution in [0.4, 0.5) is 0 Å². The van der Waals surface area contributed by atoms with Crippen molar-refractivity contribution < 1.29 is 14.3 Å². The molecule has 0 amide bonds. The van der Waals surface area contributed by atoms with E-state index in [0.717, 1.165) is 11.1 Å². The van der Waals surface area contributed by atoms with Gasteiger partial charge in [0.05, 0.1) is 15.6 Å². The van der Waals surface area contributed by atoms with Crippen molar-refractivity contribution in [2.45, 2.75) is 13.8 Å². The third kappa shape index (κ3) is 4.09. The van der Waals surface area contributed by atoms with Crippen molar-refractivity contribution in [1.82, 2.24) is 0 Å². The number of ketones is 1. The van der Waals surface area contributed by atoms with Crippen LogP contribution in [0.15, 0.2) is 36.4 Å². The predicted molar refractivity (Wildman–Crippen MR) is 87.0 cm³/mol. The lowest BCUT2D eigenvalue weighted by Gasteiger charge is -2.07. The Bertz CT molecular complexity index is 718. The highest BCUT2D eigenvalue weighted by Crippen LogP contribution is 2.22. The second-order valence-corrected chi connectivity index (χ2v) is 5.82. The number of ether oxygens (including phenoxy) is 1. The Morgan fingerprint density at radius 2 is 1.55 bits per heavy atom. The Labute approximate surface area is 138 Å². The molecule has 0 heterocycles. The van der Waals surface area contributed by atoms with E-state index in [1.807, 2.05) is 19.9 Å². The molecular weight excluding hydrogens is 323 g/mol. The molecule has 2 aromatic rings. The Kier molecular flexibility index (Phi) is 5.22. The van der Waals surface area contributed by atoms with Crippen LogP contribution in [0.2, 0.25) is 10.0 Å². The fourth-order valence-corrected chi connectivity index (χ4v) is 2.36. The molecule has 0 aliphatic carbocycles. The summed E-state index contributed by atoms with van der Waals surface area (Å²) in [5.41, 5.74) is 2.70. The molecule has 0 fully saturated rings. The van der Waals surface area contributed by atoms with Gasteiger partial charge in [0.15, 0.2) is 12.4 Å². The normalized spacial score (nSPS) is 10.4. The Morgan fingerprint density at radius 3 is 2.14 bits per heavy atom. The van der Waals surface area contributed by atoms with Crippen molar-refractivity contribution in [3.05, 3.63) is 68.7 Å². The fraction of sp³-hybridized carbons (Fsp3) is 0.176. The van der Waals surface area contributed by atoms with Crippen LogP contribution in [0.25, 0.3) is 0 Å². The number of Topliss-reactive ketones (excluding diaryl/α,β-unsaturated/α-hetero) is 1. The van der Waals surface area contributed by atoms with Gasteiger partial charge in [-0.25, -0.2) is 4.79 Å². The molecule has 0 bridgehead atoms. The van der Waals surface area contributed by atoms with E-state index in [2.05, 4.69) is 0 Å². The summed E-state index contributed by atoms with van der Waals surface area (Å²) in [4.78, 5) is 24.0. The molecular formula is C17H14Cl2O3. The third-order valence-electron chi connectivity index (χ3n) is 3.03. The third-order valence-corrected chi connectivity index (χ3v) is 3.77. The number of benzene rings is 2. The molecule has 0 radical (unpaired) electrons. The molecule has 0 unspecified atom stereocenters. The molecule has 2 aromatic carbocycles. The van der Waals surface area contributed by atoms with Crippen LogP contribution >= 0.6 is 23.2 Å². The van der Waals surface area contributed by atoms with Gasteiger partial charge in [0.1, 0.15) is 0 Å². The van der Waals surface area contributed by atoms with Gasteiger partial charge in [0.2, 0.25) is 0 Å². The number of halogens is 2. The van der Waals surface area contributed by atoms with Crippen molar-refractivity contribution >= 4 is 35.0 Å². The molecule has 0 aromatic heterocycles. The minimum absolute atomic E-state index is 0.285. The number of rotatable bonds is 4. The van der Waals surface area contributed by atoms with E-state index in [0.29, 0.717) is 16.1 Å². The largest absolute Gasteiger partial charge is 0.454 e. The Balaban J connectivity index is 2.04. The van der Waals surface area contributed by atoms with E-state index >= 15 is 0 Å². The van der Waals surface area contributed by atoms with E-state index in [9.17, 15) is 9.59 Å². The van der Waals surface area contributed by atoms with Crippen LogP contribution in [0.5, 0.6) is 0 Å². The van der Waals surface area contributed by atoms with Crippen molar-refractivity contribution in [2.75, 3.05) is 6.61 Å². The zero-order valence-electron chi connectivity index (χ0n) is 12.2. The first-order valence-corrected chi connectivity index (χ1v) is 7.36. The summed E-state index contributed by atoms with van der Waals surface area (Å²) in [6.45, 7) is 3.44. The molecule has 0 N–H and O–H groups in total. The lowest BCUT2D eigenvalue weighted by molar-refractivity contribution is 0.0474. The van der Waals surface area contributed by atoms with Crippen molar-refractivity contribution in [3.8, 4) is 0 Å². The highest BCUT2D eigenvalue weighted by molar-refractivity contribution is 6.42. The molecule has 5 heteroatoms. The second kappa shape index (κ2) is 6.95. The summed E-state index contributed by atoms with van der Waals surface area (Å²) in [7, 11) is 0. The van der Waals surface area contributed by atoms with Gasteiger partial charge in [-0.05, 0) is 44.2 Å². The second-order valence-electron chi connectivity index (χ2n) is 5.00. The average molecular weight is 337 g/mol. The van der Waals surface area contributed by atoms with Crippen LogP contribution in [-0.2, 0) is 4.74 Å². The van der Waals surface area contributed by atoms with Crippen molar-refractivity contribution in [3.63, 3.8) is 0 Å². The molecule has 0 saturated heterocycles. The summed E-state index contributed by atoms with van der Waals surface area (Å²) in [5.74, 6) is -0.864. The zero-order valence-corrected chi connectivity index (χ0v) is 13.7. The topological polar surface area (TPSA) is 43.4 Å². The SMILES string of the molecule is Cc1cc(C)cc(C(=O)OCC(=O)c2ccc(Cl)c(Cl)c2)c1. The predicted octanol–water partition coefficient (Wildman–Crippen LogP) is 4.65. The van der Waals surface area contributed by atoms with Crippen LogP contribution in [0.1, 0.15) is 31.8 Å². The lowest BCUT2D eigenvalue weighted by Crippen LogP contribution is -2.14. The Hall–Kier alpha value is -1.84. The first-order valence-electron chi connectivity index (χ1n) is 6.60. The minimum Gasteiger partial charge on any atom is -0.454 e. The highest BCUT2D eigenvalue weighted by Gasteiger charge is 2.13. The fourth-order valence-electron chi connectivity index (χ4n) is 2.06. The van der Waals surface area contributed by atoms with Crippen LogP contribution in [0, 0.1) is 13.8 Å². The van der Waals surface area contributed by atoms with Gasteiger partial charge in [-0.15, -0.1) is 0 Å². The van der Waals surface area contributed by atoms with Gasteiger partial charge in [0, 0.05) is 5.56 Å². The number of carbonyl (C=O) groups is 2. The van der Waals surface area contributed by atoms with Crippen molar-refractivity contribution in [2.24, 2.45) is 0 Å². The van der Waals surface area contributed by atoms with Gasteiger partial charge >= 0.3 is 5.97 Å². The lowest BCUT2D eigenvalue weighted by atomic mass is 10.1. The molecule has 0 spiro atoms. The minimum atomic E-state index is -0.528. The summed E-state index contributed by atoms with van der Waals surface area (Å²) >= 11 is 11.7. The molecule has 0 saturated carbocycles. The van der Waals surface area contributed by atoms with Gasteiger partial charge in [0.25, 0.3) is 0 Å². The highest BCUT2D eigenvalue weighted by atomic mass is 35.5. The number of carbonyl (C=O) groups excluding carboxylic acids is 2. The maximum Gasteiger partial charge on any atom is 0.338 e. The summed E-state index contributed by atoms with van der Waals surface area (Å²) in [6, 6.07) is 9.93. The van der Waals surface area contributed by atoms with Gasteiger partial charge in [-0.3, -0.25) is 4.79 Å². The van der Waals surface area contributed by atoms with Crippen LogP contribution in [-0.4, -0.2) is 18.4 Å². The smallest absolute Gasteiger partial charge is 0.338 e. The standard InChI is InChI=1S/C17H14Cl2O3/c1-10-5-11(2)7-13(6-10)17(21)22-9-16(20)12-3-4-14(18)15(19)8-12/h3-8H,9H2,1-2H3. The number of esters is 1. The summed E-state index contributed by atoms with van der Waals surface area (Å²) in [5, 5.41) is 0.651. The number of hydrogen-bond acceptors (Lipinski definition) is 3. The maximum atomic E-state index is 12.0. The van der Waals surface area contributed by atoms with Gasteiger partial charge < -0.3 is 4.74 Å². The molecule has 22 heavy (non-hydrogen) atoms. The van der Waals surface area contributed by atoms with E-state index in [-0.39, 0.29) is 17.4 Å². The van der Waals surface area contributed by atoms with Crippen LogP contribution < -0.4 is 0 Å². The molecule has 114 valence electrons. The zero-order chi connectivity index (χ0) is 16.3.